The summed E-state index contributed by atoms with van der Waals surface area (Å²) in [7, 11) is 1.64. The first-order valence-electron chi connectivity index (χ1n) is 6.23. The first kappa shape index (κ1) is 12.2. The third kappa shape index (κ3) is 2.91. The van der Waals surface area contributed by atoms with Crippen molar-refractivity contribution in [1.29, 1.82) is 0 Å². The highest BCUT2D eigenvalue weighted by atomic mass is 16.5. The van der Waals surface area contributed by atoms with Crippen molar-refractivity contribution in [2.75, 3.05) is 7.11 Å². The summed E-state index contributed by atoms with van der Waals surface area (Å²) in [6.07, 6.45) is 4.46. The lowest BCUT2D eigenvalue weighted by atomic mass is 10.1. The van der Waals surface area contributed by atoms with Gasteiger partial charge in [-0.1, -0.05) is 0 Å². The molecule has 1 saturated carbocycles. The van der Waals surface area contributed by atoms with E-state index in [1.807, 2.05) is 18.2 Å². The summed E-state index contributed by atoms with van der Waals surface area (Å²) in [6, 6.07) is 5.58. The van der Waals surface area contributed by atoms with Crippen LogP contribution in [0, 0.1) is 0 Å². The predicted octanol–water partition coefficient (Wildman–Crippen LogP) is 3.07. The Labute approximate surface area is 102 Å². The zero-order chi connectivity index (χ0) is 12.3. The minimum atomic E-state index is -0.516. The molecule has 0 aliphatic heterocycles. The van der Waals surface area contributed by atoms with Crippen LogP contribution in [0.4, 0.5) is 0 Å². The third-order valence-corrected chi connectivity index (χ3v) is 3.27. The fourth-order valence-electron chi connectivity index (χ4n) is 2.27. The van der Waals surface area contributed by atoms with Gasteiger partial charge in [0, 0.05) is 11.6 Å². The second-order valence-corrected chi connectivity index (χ2v) is 4.60. The van der Waals surface area contributed by atoms with Gasteiger partial charge in [0.05, 0.1) is 19.3 Å². The average molecular weight is 236 g/mol. The summed E-state index contributed by atoms with van der Waals surface area (Å²) in [6.45, 7) is 1.75. The van der Waals surface area contributed by atoms with Crippen molar-refractivity contribution in [2.45, 2.75) is 44.8 Å². The normalized spacial score (nSPS) is 18.1. The van der Waals surface area contributed by atoms with Crippen LogP contribution in [0.2, 0.25) is 0 Å². The lowest BCUT2D eigenvalue weighted by Crippen LogP contribution is -2.12. The van der Waals surface area contributed by atoms with Crippen molar-refractivity contribution in [1.82, 2.24) is 0 Å². The largest absolute Gasteiger partial charge is 0.497 e. The highest BCUT2D eigenvalue weighted by molar-refractivity contribution is 5.42. The molecule has 3 heteroatoms. The van der Waals surface area contributed by atoms with Gasteiger partial charge in [0.1, 0.15) is 11.5 Å². The van der Waals surface area contributed by atoms with Crippen molar-refractivity contribution in [3.05, 3.63) is 23.8 Å². The molecule has 1 N–H and O–H groups in total. The average Bonchev–Trinajstić information content (AvgIpc) is 2.81. The highest BCUT2D eigenvalue weighted by Crippen LogP contribution is 2.32. The quantitative estimate of drug-likeness (QED) is 0.873. The number of hydrogen-bond acceptors (Lipinski definition) is 3. The third-order valence-electron chi connectivity index (χ3n) is 3.27. The molecule has 0 spiro atoms. The molecule has 0 amide bonds. The van der Waals surface area contributed by atoms with Gasteiger partial charge in [-0.15, -0.1) is 0 Å². The molecule has 0 aromatic heterocycles. The minimum Gasteiger partial charge on any atom is -0.497 e. The van der Waals surface area contributed by atoms with Crippen LogP contribution in [0.25, 0.3) is 0 Å². The number of benzene rings is 1. The topological polar surface area (TPSA) is 38.7 Å². The molecule has 94 valence electrons. The number of rotatable bonds is 4. The summed E-state index contributed by atoms with van der Waals surface area (Å²) in [5.74, 6) is 1.52. The summed E-state index contributed by atoms with van der Waals surface area (Å²) in [4.78, 5) is 0. The standard InChI is InChI=1S/C14H20O3/c1-10(15)13-8-7-12(16-2)9-14(13)17-11-5-3-4-6-11/h7-11,15H,3-6H2,1-2H3. The van der Waals surface area contributed by atoms with E-state index in [1.165, 1.54) is 12.8 Å². The van der Waals surface area contributed by atoms with E-state index < -0.39 is 6.10 Å². The second kappa shape index (κ2) is 5.41. The smallest absolute Gasteiger partial charge is 0.129 e. The first-order valence-corrected chi connectivity index (χ1v) is 6.23. The SMILES string of the molecule is COc1ccc(C(C)O)c(OC2CCCC2)c1. The number of methoxy groups -OCH3 is 1. The lowest BCUT2D eigenvalue weighted by molar-refractivity contribution is 0.173. The summed E-state index contributed by atoms with van der Waals surface area (Å²) in [5, 5.41) is 9.72. The van der Waals surface area contributed by atoms with Crippen LogP contribution in [0.1, 0.15) is 44.3 Å². The van der Waals surface area contributed by atoms with E-state index in [-0.39, 0.29) is 0 Å². The van der Waals surface area contributed by atoms with Gasteiger partial charge in [-0.2, -0.15) is 0 Å². The first-order chi connectivity index (χ1) is 8.20. The maximum absolute atomic E-state index is 9.72. The van der Waals surface area contributed by atoms with E-state index in [4.69, 9.17) is 9.47 Å². The molecule has 1 unspecified atom stereocenters. The van der Waals surface area contributed by atoms with Crippen LogP contribution >= 0.6 is 0 Å². The van der Waals surface area contributed by atoms with Crippen LogP contribution in [-0.2, 0) is 0 Å². The molecule has 0 saturated heterocycles. The Morgan fingerprint density at radius 2 is 2.00 bits per heavy atom. The number of aliphatic hydroxyl groups is 1. The highest BCUT2D eigenvalue weighted by Gasteiger charge is 2.19. The molecule has 17 heavy (non-hydrogen) atoms. The van der Waals surface area contributed by atoms with Crippen molar-refractivity contribution in [3.63, 3.8) is 0 Å². The van der Waals surface area contributed by atoms with Crippen LogP contribution in [-0.4, -0.2) is 18.3 Å². The fourth-order valence-corrected chi connectivity index (χ4v) is 2.27. The molecule has 1 aromatic carbocycles. The molecule has 1 aromatic rings. The molecule has 0 radical (unpaired) electrons. The van der Waals surface area contributed by atoms with Gasteiger partial charge < -0.3 is 14.6 Å². The fraction of sp³-hybridized carbons (Fsp3) is 0.571. The molecular weight excluding hydrogens is 216 g/mol. The van der Waals surface area contributed by atoms with Crippen molar-refractivity contribution in [3.8, 4) is 11.5 Å². The lowest BCUT2D eigenvalue weighted by Gasteiger charge is -2.18. The maximum Gasteiger partial charge on any atom is 0.129 e. The van der Waals surface area contributed by atoms with Crippen LogP contribution in [0.15, 0.2) is 18.2 Å². The van der Waals surface area contributed by atoms with Gasteiger partial charge in [-0.05, 0) is 44.7 Å². The van der Waals surface area contributed by atoms with E-state index in [0.717, 1.165) is 29.9 Å². The number of hydrogen-bond donors (Lipinski definition) is 1. The van der Waals surface area contributed by atoms with Gasteiger partial charge in [0.25, 0.3) is 0 Å². The predicted molar refractivity (Wildman–Crippen MR) is 66.5 cm³/mol. The zero-order valence-electron chi connectivity index (χ0n) is 10.5. The summed E-state index contributed by atoms with van der Waals surface area (Å²) < 4.78 is 11.2. The van der Waals surface area contributed by atoms with Gasteiger partial charge in [0.2, 0.25) is 0 Å². The molecule has 1 fully saturated rings. The molecule has 3 nitrogen and oxygen atoms in total. The Bertz CT molecular complexity index is 368. The van der Waals surface area contributed by atoms with Gasteiger partial charge in [0.15, 0.2) is 0 Å². The Kier molecular flexibility index (Phi) is 3.89. The van der Waals surface area contributed by atoms with Crippen LogP contribution in [0.3, 0.4) is 0 Å². The molecular formula is C14H20O3. The van der Waals surface area contributed by atoms with E-state index in [1.54, 1.807) is 14.0 Å². The number of ether oxygens (including phenoxy) is 2. The molecule has 0 bridgehead atoms. The maximum atomic E-state index is 9.72. The van der Waals surface area contributed by atoms with E-state index in [9.17, 15) is 5.11 Å². The minimum absolute atomic E-state index is 0.291. The number of aliphatic hydroxyl groups excluding tert-OH is 1. The summed E-state index contributed by atoms with van der Waals surface area (Å²) >= 11 is 0. The van der Waals surface area contributed by atoms with E-state index in [2.05, 4.69) is 0 Å². The molecule has 1 aliphatic rings. The van der Waals surface area contributed by atoms with Crippen molar-refractivity contribution >= 4 is 0 Å². The van der Waals surface area contributed by atoms with Gasteiger partial charge in [-0.3, -0.25) is 0 Å². The van der Waals surface area contributed by atoms with E-state index in [0.29, 0.717) is 6.10 Å². The monoisotopic (exact) mass is 236 g/mol. The molecule has 1 atom stereocenters. The Morgan fingerprint density at radius 1 is 1.29 bits per heavy atom. The second-order valence-electron chi connectivity index (χ2n) is 4.60. The van der Waals surface area contributed by atoms with Crippen LogP contribution < -0.4 is 9.47 Å². The van der Waals surface area contributed by atoms with Crippen molar-refractivity contribution < 1.29 is 14.6 Å². The van der Waals surface area contributed by atoms with Gasteiger partial charge >= 0.3 is 0 Å². The van der Waals surface area contributed by atoms with Gasteiger partial charge in [-0.25, -0.2) is 0 Å². The Balaban J connectivity index is 2.21. The van der Waals surface area contributed by atoms with Crippen molar-refractivity contribution in [2.24, 2.45) is 0 Å². The molecule has 1 aliphatic carbocycles. The molecule has 0 heterocycles. The van der Waals surface area contributed by atoms with E-state index >= 15 is 0 Å². The molecule has 2 rings (SSSR count). The Hall–Kier alpha value is -1.22. The summed E-state index contributed by atoms with van der Waals surface area (Å²) in [5.41, 5.74) is 0.831. The Morgan fingerprint density at radius 3 is 2.59 bits per heavy atom. The zero-order valence-corrected chi connectivity index (χ0v) is 10.5. The van der Waals surface area contributed by atoms with Crippen LogP contribution in [0.5, 0.6) is 11.5 Å².